The lowest BCUT2D eigenvalue weighted by atomic mass is 10.1. The van der Waals surface area contributed by atoms with E-state index in [2.05, 4.69) is 21.7 Å². The van der Waals surface area contributed by atoms with E-state index in [0.717, 1.165) is 24.6 Å². The second kappa shape index (κ2) is 3.76. The molecule has 2 nitrogen and oxygen atoms in total. The topological polar surface area (TPSA) is 15.3 Å². The Morgan fingerprint density at radius 2 is 2.40 bits per heavy atom. The van der Waals surface area contributed by atoms with Gasteiger partial charge in [-0.15, -0.1) is 11.3 Å². The highest BCUT2D eigenvalue weighted by Crippen LogP contribution is 2.25. The van der Waals surface area contributed by atoms with Crippen molar-refractivity contribution in [2.45, 2.75) is 31.8 Å². The van der Waals surface area contributed by atoms with E-state index in [1.54, 1.807) is 4.88 Å². The molecule has 3 rings (SSSR count). The van der Waals surface area contributed by atoms with Gasteiger partial charge in [-0.25, -0.2) is 0 Å². The molecule has 4 heteroatoms. The van der Waals surface area contributed by atoms with Crippen molar-refractivity contribution >= 4 is 28.7 Å². The van der Waals surface area contributed by atoms with Crippen LogP contribution in [0.1, 0.15) is 23.3 Å². The Labute approximate surface area is 99.3 Å². The molecule has 1 N–H and O–H groups in total. The number of nitrogens with one attached hydrogen (secondary N) is 1. The molecule has 0 radical (unpaired) electrons. The first kappa shape index (κ1) is 9.60. The highest BCUT2D eigenvalue weighted by molar-refractivity contribution is 7.80. The summed E-state index contributed by atoms with van der Waals surface area (Å²) in [5.74, 6) is 0. The fraction of sp³-hybridized carbons (Fsp3) is 0.545. The smallest absolute Gasteiger partial charge is 0.169 e. The second-order valence-electron chi connectivity index (χ2n) is 4.26. The van der Waals surface area contributed by atoms with Gasteiger partial charge in [0.25, 0.3) is 0 Å². The van der Waals surface area contributed by atoms with Gasteiger partial charge in [0.1, 0.15) is 0 Å². The highest BCUT2D eigenvalue weighted by Gasteiger charge is 2.25. The summed E-state index contributed by atoms with van der Waals surface area (Å²) in [6.45, 7) is 2.07. The Bertz CT molecular complexity index is 382. The van der Waals surface area contributed by atoms with Crippen LogP contribution in [-0.2, 0) is 13.0 Å². The van der Waals surface area contributed by atoms with Gasteiger partial charge in [0.05, 0.1) is 0 Å². The number of thiophene rings is 1. The van der Waals surface area contributed by atoms with Crippen LogP contribution in [0, 0.1) is 0 Å². The van der Waals surface area contributed by atoms with Crippen molar-refractivity contribution in [1.29, 1.82) is 0 Å². The number of hydrogen-bond acceptors (Lipinski definition) is 2. The minimum absolute atomic E-state index is 0.668. The molecule has 2 heterocycles. The van der Waals surface area contributed by atoms with E-state index in [1.807, 2.05) is 11.3 Å². The standard InChI is InChI=1S/C11H14N2S2/c14-11(12-9-1-2-9)13-5-3-10-8(7-13)4-6-15-10/h4,6,9H,1-3,5,7H2,(H,12,14). The van der Waals surface area contributed by atoms with E-state index >= 15 is 0 Å². The van der Waals surface area contributed by atoms with Crippen LogP contribution in [-0.4, -0.2) is 22.6 Å². The van der Waals surface area contributed by atoms with Crippen molar-refractivity contribution in [2.24, 2.45) is 0 Å². The molecule has 1 aromatic rings. The molecule has 0 amide bonds. The summed E-state index contributed by atoms with van der Waals surface area (Å²) in [7, 11) is 0. The molecule has 1 aromatic heterocycles. The minimum Gasteiger partial charge on any atom is -0.360 e. The molecular formula is C11H14N2S2. The summed E-state index contributed by atoms with van der Waals surface area (Å²) in [6, 6.07) is 2.90. The molecule has 1 saturated carbocycles. The van der Waals surface area contributed by atoms with Crippen molar-refractivity contribution in [3.8, 4) is 0 Å². The van der Waals surface area contributed by atoms with Gasteiger partial charge < -0.3 is 10.2 Å². The SMILES string of the molecule is S=C(NC1CC1)N1CCc2sccc2C1. The average molecular weight is 238 g/mol. The fourth-order valence-electron chi connectivity index (χ4n) is 1.92. The number of nitrogens with zero attached hydrogens (tertiary/aromatic N) is 1. The summed E-state index contributed by atoms with van der Waals surface area (Å²) in [6.07, 6.45) is 3.73. The third-order valence-electron chi connectivity index (χ3n) is 3.00. The molecule has 80 valence electrons. The molecule has 15 heavy (non-hydrogen) atoms. The van der Waals surface area contributed by atoms with Crippen LogP contribution in [0.2, 0.25) is 0 Å². The Kier molecular flexibility index (Phi) is 2.41. The quantitative estimate of drug-likeness (QED) is 0.755. The van der Waals surface area contributed by atoms with E-state index in [4.69, 9.17) is 12.2 Å². The minimum atomic E-state index is 0.668. The summed E-state index contributed by atoms with van der Waals surface area (Å²) < 4.78 is 0. The lowest BCUT2D eigenvalue weighted by Gasteiger charge is -2.29. The predicted molar refractivity (Wildman–Crippen MR) is 67.2 cm³/mol. The Balaban J connectivity index is 1.66. The first-order valence-electron chi connectivity index (χ1n) is 5.43. The third-order valence-corrected chi connectivity index (χ3v) is 4.40. The number of hydrogen-bond donors (Lipinski definition) is 1. The monoisotopic (exact) mass is 238 g/mol. The van der Waals surface area contributed by atoms with Crippen LogP contribution < -0.4 is 5.32 Å². The van der Waals surface area contributed by atoms with Crippen LogP contribution in [0.15, 0.2) is 11.4 Å². The summed E-state index contributed by atoms with van der Waals surface area (Å²) in [5.41, 5.74) is 1.46. The van der Waals surface area contributed by atoms with Crippen molar-refractivity contribution < 1.29 is 0 Å². The van der Waals surface area contributed by atoms with E-state index in [9.17, 15) is 0 Å². The van der Waals surface area contributed by atoms with Gasteiger partial charge in [-0.05, 0) is 48.5 Å². The first-order chi connectivity index (χ1) is 7.33. The van der Waals surface area contributed by atoms with Crippen molar-refractivity contribution in [3.05, 3.63) is 21.9 Å². The van der Waals surface area contributed by atoms with Gasteiger partial charge in [-0.2, -0.15) is 0 Å². The molecule has 1 aliphatic heterocycles. The zero-order valence-corrected chi connectivity index (χ0v) is 10.2. The average Bonchev–Trinajstić information content (AvgIpc) is 2.94. The van der Waals surface area contributed by atoms with Crippen LogP contribution in [0.3, 0.4) is 0 Å². The largest absolute Gasteiger partial charge is 0.360 e. The molecule has 0 saturated heterocycles. The van der Waals surface area contributed by atoms with Gasteiger partial charge in [-0.3, -0.25) is 0 Å². The second-order valence-corrected chi connectivity index (χ2v) is 5.65. The normalized spacial score (nSPS) is 19.9. The molecular weight excluding hydrogens is 224 g/mol. The van der Waals surface area contributed by atoms with Gasteiger partial charge in [-0.1, -0.05) is 0 Å². The number of rotatable bonds is 1. The molecule has 0 aromatic carbocycles. The van der Waals surface area contributed by atoms with Crippen LogP contribution >= 0.6 is 23.6 Å². The first-order valence-corrected chi connectivity index (χ1v) is 6.72. The molecule has 0 atom stereocenters. The van der Waals surface area contributed by atoms with Crippen molar-refractivity contribution in [3.63, 3.8) is 0 Å². The maximum atomic E-state index is 5.41. The Hall–Kier alpha value is -0.610. The Morgan fingerprint density at radius 3 is 3.20 bits per heavy atom. The van der Waals surface area contributed by atoms with E-state index < -0.39 is 0 Å². The fourth-order valence-corrected chi connectivity index (χ4v) is 3.13. The third kappa shape index (κ3) is 2.01. The summed E-state index contributed by atoms with van der Waals surface area (Å²) in [4.78, 5) is 3.84. The van der Waals surface area contributed by atoms with E-state index in [1.165, 1.54) is 18.4 Å². The number of fused-ring (bicyclic) bond motifs is 1. The lowest BCUT2D eigenvalue weighted by molar-refractivity contribution is 0.390. The molecule has 0 bridgehead atoms. The van der Waals surface area contributed by atoms with Crippen LogP contribution in [0.25, 0.3) is 0 Å². The zero-order valence-electron chi connectivity index (χ0n) is 8.53. The van der Waals surface area contributed by atoms with E-state index in [-0.39, 0.29) is 0 Å². The van der Waals surface area contributed by atoms with Crippen LogP contribution in [0.5, 0.6) is 0 Å². The number of thiocarbonyl (C=S) groups is 1. The molecule has 0 unspecified atom stereocenters. The highest BCUT2D eigenvalue weighted by atomic mass is 32.1. The molecule has 1 aliphatic carbocycles. The van der Waals surface area contributed by atoms with Crippen LogP contribution in [0.4, 0.5) is 0 Å². The summed E-state index contributed by atoms with van der Waals surface area (Å²) >= 11 is 7.29. The maximum absolute atomic E-state index is 5.41. The van der Waals surface area contributed by atoms with Gasteiger partial charge in [0.2, 0.25) is 0 Å². The lowest BCUT2D eigenvalue weighted by Crippen LogP contribution is -2.43. The van der Waals surface area contributed by atoms with Gasteiger partial charge in [0.15, 0.2) is 5.11 Å². The van der Waals surface area contributed by atoms with Crippen molar-refractivity contribution in [1.82, 2.24) is 10.2 Å². The molecule has 1 fully saturated rings. The van der Waals surface area contributed by atoms with Gasteiger partial charge >= 0.3 is 0 Å². The maximum Gasteiger partial charge on any atom is 0.169 e. The van der Waals surface area contributed by atoms with Gasteiger partial charge in [0, 0.05) is 24.0 Å². The molecule has 2 aliphatic rings. The van der Waals surface area contributed by atoms with Crippen molar-refractivity contribution in [2.75, 3.05) is 6.54 Å². The molecule has 0 spiro atoms. The zero-order chi connectivity index (χ0) is 10.3. The summed E-state index contributed by atoms with van der Waals surface area (Å²) in [5, 5.41) is 6.55. The Morgan fingerprint density at radius 1 is 1.53 bits per heavy atom. The van der Waals surface area contributed by atoms with E-state index in [0.29, 0.717) is 6.04 Å². The predicted octanol–water partition coefficient (Wildman–Crippen LogP) is 2.14.